The third-order valence-corrected chi connectivity index (χ3v) is 1.48. The molecule has 3 heteroatoms. The first-order valence-corrected chi connectivity index (χ1v) is 3.52. The lowest BCUT2D eigenvalue weighted by molar-refractivity contribution is -0.122. The van der Waals surface area contributed by atoms with Gasteiger partial charge in [0.05, 0.1) is 0 Å². The molecule has 0 radical (unpaired) electrons. The van der Waals surface area contributed by atoms with Gasteiger partial charge in [-0.05, 0) is 22.4 Å². The van der Waals surface area contributed by atoms with E-state index < -0.39 is 0 Å². The maximum Gasteiger partial charge on any atom is 0.290 e. The van der Waals surface area contributed by atoms with E-state index in [-0.39, 0.29) is 6.47 Å². The Morgan fingerprint density at radius 3 is 2.50 bits per heavy atom. The molecular formula is C7H8O2S. The van der Waals surface area contributed by atoms with Crippen LogP contribution in [-0.4, -0.2) is 11.6 Å². The van der Waals surface area contributed by atoms with E-state index in [1.54, 1.807) is 11.3 Å². The fraction of sp³-hybridized carbons (Fsp3) is 0. The number of carboxylic acid groups (broad SMARTS) is 1. The molecule has 1 aromatic rings. The van der Waals surface area contributed by atoms with E-state index in [0.717, 1.165) is 0 Å². The number of thiophene rings is 1. The highest BCUT2D eigenvalue weighted by Gasteiger charge is 1.78. The first-order valence-electron chi connectivity index (χ1n) is 2.57. The van der Waals surface area contributed by atoms with Crippen molar-refractivity contribution in [3.05, 3.63) is 29.0 Å². The van der Waals surface area contributed by atoms with Gasteiger partial charge in [0.15, 0.2) is 0 Å². The predicted octanol–water partition coefficient (Wildman–Crippen LogP) is 2.09. The standard InChI is InChI=1S/C6H6S.CH2O2/c1-2-6-3-4-7-5-6;2-1-3/h2-5H,1H2;1H,(H,2,3). The van der Waals surface area contributed by atoms with E-state index >= 15 is 0 Å². The Balaban J connectivity index is 0.000000236. The summed E-state index contributed by atoms with van der Waals surface area (Å²) in [4.78, 5) is 8.36. The summed E-state index contributed by atoms with van der Waals surface area (Å²) in [5, 5.41) is 11.0. The second-order valence-corrected chi connectivity index (χ2v) is 2.15. The second kappa shape index (κ2) is 6.04. The Morgan fingerprint density at radius 1 is 1.70 bits per heavy atom. The molecular weight excluding hydrogens is 148 g/mol. The summed E-state index contributed by atoms with van der Waals surface area (Å²) in [5.74, 6) is 0. The third-order valence-electron chi connectivity index (χ3n) is 0.779. The van der Waals surface area contributed by atoms with E-state index in [0.29, 0.717) is 0 Å². The maximum atomic E-state index is 8.36. The normalized spacial score (nSPS) is 7.20. The fourth-order valence-electron chi connectivity index (χ4n) is 0.391. The van der Waals surface area contributed by atoms with E-state index in [1.165, 1.54) is 5.56 Å². The lowest BCUT2D eigenvalue weighted by Crippen LogP contribution is -1.50. The number of hydrogen-bond donors (Lipinski definition) is 1. The van der Waals surface area contributed by atoms with Crippen LogP contribution in [0.4, 0.5) is 0 Å². The maximum absolute atomic E-state index is 8.36. The van der Waals surface area contributed by atoms with Crippen molar-refractivity contribution in [2.24, 2.45) is 0 Å². The van der Waals surface area contributed by atoms with Crippen molar-refractivity contribution in [2.75, 3.05) is 0 Å². The second-order valence-electron chi connectivity index (χ2n) is 1.37. The SMILES string of the molecule is C=Cc1ccsc1.O=CO. The van der Waals surface area contributed by atoms with Gasteiger partial charge in [-0.25, -0.2) is 0 Å². The average Bonchev–Trinajstić information content (AvgIpc) is 2.39. The zero-order chi connectivity index (χ0) is 7.82. The van der Waals surface area contributed by atoms with Crippen LogP contribution >= 0.6 is 11.3 Å². The molecule has 54 valence electrons. The molecule has 1 N–H and O–H groups in total. The molecule has 1 aromatic heterocycles. The van der Waals surface area contributed by atoms with Crippen LogP contribution in [0.15, 0.2) is 23.4 Å². The van der Waals surface area contributed by atoms with Crippen molar-refractivity contribution in [3.63, 3.8) is 0 Å². The van der Waals surface area contributed by atoms with Crippen LogP contribution in [-0.2, 0) is 4.79 Å². The lowest BCUT2D eigenvalue weighted by Gasteiger charge is -1.71. The average molecular weight is 156 g/mol. The van der Waals surface area contributed by atoms with Crippen LogP contribution in [0.25, 0.3) is 6.08 Å². The van der Waals surface area contributed by atoms with E-state index in [4.69, 9.17) is 9.90 Å². The zero-order valence-electron chi connectivity index (χ0n) is 5.36. The summed E-state index contributed by atoms with van der Waals surface area (Å²) in [6, 6.07) is 2.04. The Kier molecular flexibility index (Phi) is 5.38. The molecule has 1 rings (SSSR count). The molecule has 10 heavy (non-hydrogen) atoms. The molecule has 0 unspecified atom stereocenters. The molecule has 0 aliphatic carbocycles. The minimum Gasteiger partial charge on any atom is -0.483 e. The summed E-state index contributed by atoms with van der Waals surface area (Å²) < 4.78 is 0. The first kappa shape index (κ1) is 8.91. The van der Waals surface area contributed by atoms with E-state index in [1.807, 2.05) is 17.5 Å². The van der Waals surface area contributed by atoms with Crippen molar-refractivity contribution in [3.8, 4) is 0 Å². The molecule has 0 aromatic carbocycles. The van der Waals surface area contributed by atoms with Gasteiger partial charge in [0, 0.05) is 0 Å². The highest BCUT2D eigenvalue weighted by Crippen LogP contribution is 2.05. The van der Waals surface area contributed by atoms with Gasteiger partial charge < -0.3 is 5.11 Å². The molecule has 0 spiro atoms. The topological polar surface area (TPSA) is 37.3 Å². The Morgan fingerprint density at radius 2 is 2.30 bits per heavy atom. The van der Waals surface area contributed by atoms with Crippen molar-refractivity contribution >= 4 is 23.9 Å². The quantitative estimate of drug-likeness (QED) is 0.632. The highest BCUT2D eigenvalue weighted by atomic mass is 32.1. The molecule has 0 atom stereocenters. The summed E-state index contributed by atoms with van der Waals surface area (Å²) in [6.07, 6.45) is 1.84. The smallest absolute Gasteiger partial charge is 0.290 e. The first-order chi connectivity index (χ1) is 4.85. The Bertz CT molecular complexity index is 179. The van der Waals surface area contributed by atoms with Gasteiger partial charge in [-0.2, -0.15) is 11.3 Å². The molecule has 2 nitrogen and oxygen atoms in total. The minimum absolute atomic E-state index is 0.250. The lowest BCUT2D eigenvalue weighted by atomic mass is 10.3. The largest absolute Gasteiger partial charge is 0.483 e. The molecule has 0 amide bonds. The van der Waals surface area contributed by atoms with Gasteiger partial charge in [0.2, 0.25) is 0 Å². The molecule has 0 saturated heterocycles. The van der Waals surface area contributed by atoms with Crippen LogP contribution in [0, 0.1) is 0 Å². The molecule has 0 aliphatic heterocycles. The van der Waals surface area contributed by atoms with Crippen LogP contribution in [0.3, 0.4) is 0 Å². The number of carbonyl (C=O) groups is 1. The van der Waals surface area contributed by atoms with E-state index in [2.05, 4.69) is 12.0 Å². The number of rotatable bonds is 1. The molecule has 0 bridgehead atoms. The van der Waals surface area contributed by atoms with Gasteiger partial charge in [-0.3, -0.25) is 4.79 Å². The third kappa shape index (κ3) is 3.86. The van der Waals surface area contributed by atoms with Crippen molar-refractivity contribution in [2.45, 2.75) is 0 Å². The number of hydrogen-bond acceptors (Lipinski definition) is 2. The van der Waals surface area contributed by atoms with Gasteiger partial charge in [-0.15, -0.1) is 0 Å². The summed E-state index contributed by atoms with van der Waals surface area (Å²) >= 11 is 1.69. The zero-order valence-corrected chi connectivity index (χ0v) is 6.17. The molecule has 0 saturated carbocycles. The minimum atomic E-state index is -0.250. The van der Waals surface area contributed by atoms with Gasteiger partial charge in [-0.1, -0.05) is 12.7 Å². The summed E-state index contributed by atoms with van der Waals surface area (Å²) in [7, 11) is 0. The van der Waals surface area contributed by atoms with Crippen LogP contribution in [0.5, 0.6) is 0 Å². The predicted molar refractivity (Wildman–Crippen MR) is 43.1 cm³/mol. The highest BCUT2D eigenvalue weighted by molar-refractivity contribution is 7.08. The summed E-state index contributed by atoms with van der Waals surface area (Å²) in [6.45, 7) is 3.36. The van der Waals surface area contributed by atoms with Crippen LogP contribution < -0.4 is 0 Å². The van der Waals surface area contributed by atoms with Crippen molar-refractivity contribution in [1.82, 2.24) is 0 Å². The molecule has 1 heterocycles. The van der Waals surface area contributed by atoms with Gasteiger partial charge in [0.25, 0.3) is 6.47 Å². The fourth-order valence-corrected chi connectivity index (χ4v) is 1.04. The Labute approximate surface area is 63.4 Å². The molecule has 0 aliphatic rings. The van der Waals surface area contributed by atoms with E-state index in [9.17, 15) is 0 Å². The Hall–Kier alpha value is -1.09. The van der Waals surface area contributed by atoms with Crippen LogP contribution in [0.2, 0.25) is 0 Å². The summed E-state index contributed by atoms with van der Waals surface area (Å²) in [5.41, 5.74) is 1.21. The molecule has 0 fully saturated rings. The van der Waals surface area contributed by atoms with Gasteiger partial charge in [0.1, 0.15) is 0 Å². The van der Waals surface area contributed by atoms with Crippen LogP contribution in [0.1, 0.15) is 5.56 Å². The monoisotopic (exact) mass is 156 g/mol. The van der Waals surface area contributed by atoms with Crippen molar-refractivity contribution in [1.29, 1.82) is 0 Å². The van der Waals surface area contributed by atoms with Crippen molar-refractivity contribution < 1.29 is 9.90 Å². The van der Waals surface area contributed by atoms with Gasteiger partial charge >= 0.3 is 0 Å².